The number of sulfonamides is 1. The van der Waals surface area contributed by atoms with Crippen LogP contribution in [0.5, 0.6) is 17.5 Å². The molecule has 0 spiro atoms. The topological polar surface area (TPSA) is 165 Å². The summed E-state index contributed by atoms with van der Waals surface area (Å²) in [5.74, 6) is 1.01. The summed E-state index contributed by atoms with van der Waals surface area (Å²) in [6.45, 7) is 3.31. The number of nitrogens with one attached hydrogen (secondary N) is 1. The normalized spacial score (nSPS) is 13.0. The highest BCUT2D eigenvalue weighted by Gasteiger charge is 2.35. The van der Waals surface area contributed by atoms with Crippen LogP contribution in [0.15, 0.2) is 42.9 Å². The van der Waals surface area contributed by atoms with Crippen molar-refractivity contribution >= 4 is 16.0 Å². The highest BCUT2D eigenvalue weighted by Crippen LogP contribution is 2.36. The van der Waals surface area contributed by atoms with E-state index < -0.39 is 21.4 Å². The maximum absolute atomic E-state index is 13.6. The van der Waals surface area contributed by atoms with Crippen LogP contribution < -0.4 is 18.9 Å². The Labute approximate surface area is 225 Å². The molecule has 4 rings (SSSR count). The lowest BCUT2D eigenvalue weighted by molar-refractivity contribution is 0.0949. The molecule has 0 aliphatic rings. The summed E-state index contributed by atoms with van der Waals surface area (Å²) < 4.78 is 53.0. The Balaban J connectivity index is 1.85. The van der Waals surface area contributed by atoms with Gasteiger partial charge in [-0.25, -0.2) is 28.4 Å². The van der Waals surface area contributed by atoms with Gasteiger partial charge in [0, 0.05) is 37.8 Å². The summed E-state index contributed by atoms with van der Waals surface area (Å²) in [6, 6.07) is 6.65. The predicted octanol–water partition coefficient (Wildman–Crippen LogP) is 2.37. The monoisotopic (exact) mass is 556 g/mol. The zero-order valence-corrected chi connectivity index (χ0v) is 23.0. The van der Waals surface area contributed by atoms with Crippen molar-refractivity contribution in [3.8, 4) is 34.7 Å². The highest BCUT2D eigenvalue weighted by molar-refractivity contribution is 7.93. The van der Waals surface area contributed by atoms with Crippen molar-refractivity contribution in [3.05, 3.63) is 54.2 Å². The van der Waals surface area contributed by atoms with Gasteiger partial charge in [-0.15, -0.1) is 10.2 Å². The first-order valence-electron chi connectivity index (χ1n) is 11.6. The van der Waals surface area contributed by atoms with Crippen molar-refractivity contribution in [2.24, 2.45) is 0 Å². The minimum atomic E-state index is -4.16. The van der Waals surface area contributed by atoms with Crippen molar-refractivity contribution < 1.29 is 27.4 Å². The largest absolute Gasteiger partial charge is 0.494 e. The highest BCUT2D eigenvalue weighted by atomic mass is 32.2. The Bertz CT molecular complexity index is 1520. The Morgan fingerprint density at radius 3 is 2.33 bits per heavy atom. The van der Waals surface area contributed by atoms with Crippen LogP contribution in [-0.2, 0) is 14.8 Å². The fraction of sp³-hybridized carbons (Fsp3) is 0.333. The Hall–Kier alpha value is -4.37. The van der Waals surface area contributed by atoms with E-state index in [1.54, 1.807) is 36.7 Å². The number of hydrogen-bond acceptors (Lipinski definition) is 12. The quantitative estimate of drug-likeness (QED) is 0.287. The average Bonchev–Trinajstić information content (AvgIpc) is 3.35. The summed E-state index contributed by atoms with van der Waals surface area (Å²) in [7, 11) is 1.60. The van der Waals surface area contributed by atoms with Crippen molar-refractivity contribution in [3.63, 3.8) is 0 Å². The van der Waals surface area contributed by atoms with E-state index in [4.69, 9.17) is 18.9 Å². The van der Waals surface area contributed by atoms with Gasteiger partial charge in [-0.05, 0) is 25.5 Å². The SMILES string of the molecule is COc1cccc(-c2nnc(NS(=O)(=O)[C@@H](C)[C@H](OC)c3ncc(C)cn3)n2-c2c(OC)ccnc2OC)n1. The van der Waals surface area contributed by atoms with E-state index in [-0.39, 0.29) is 29.2 Å². The zero-order chi connectivity index (χ0) is 28.2. The van der Waals surface area contributed by atoms with Gasteiger partial charge in [-0.1, -0.05) is 6.07 Å². The molecule has 0 aliphatic heterocycles. The minimum absolute atomic E-state index is 0.134. The number of aryl methyl sites for hydroxylation is 1. The van der Waals surface area contributed by atoms with Crippen LogP contribution in [0.3, 0.4) is 0 Å². The molecular weight excluding hydrogens is 528 g/mol. The number of pyridine rings is 2. The van der Waals surface area contributed by atoms with E-state index in [1.165, 1.54) is 46.1 Å². The summed E-state index contributed by atoms with van der Waals surface area (Å²) >= 11 is 0. The lowest BCUT2D eigenvalue weighted by Gasteiger charge is -2.22. The molecule has 4 heterocycles. The third-order valence-electron chi connectivity index (χ3n) is 5.77. The molecule has 0 unspecified atom stereocenters. The standard InChI is InChI=1S/C24H28N8O6S/c1-14-12-26-21(27-13-14)20(37-5)15(2)39(33,34)31-24-30-29-22(16-8-7-9-18(28-16)36-4)32(24)19-17(35-3)10-11-25-23(19)38-6/h7-13,15,20H,1-6H3,(H,30,31)/t15-,20-/m0/s1. The van der Waals surface area contributed by atoms with Crippen molar-refractivity contribution in [2.75, 3.05) is 33.2 Å². The molecular formula is C24H28N8O6S. The number of anilines is 1. The molecule has 0 radical (unpaired) electrons. The molecule has 15 heteroatoms. The van der Waals surface area contributed by atoms with Crippen LogP contribution in [0, 0.1) is 6.92 Å². The second-order valence-electron chi connectivity index (χ2n) is 8.25. The molecule has 0 bridgehead atoms. The molecule has 39 heavy (non-hydrogen) atoms. The summed E-state index contributed by atoms with van der Waals surface area (Å²) in [5.41, 5.74) is 1.42. The summed E-state index contributed by atoms with van der Waals surface area (Å²) in [4.78, 5) is 17.2. The van der Waals surface area contributed by atoms with Crippen LogP contribution in [-0.4, -0.2) is 76.8 Å². The Kier molecular flexibility index (Phi) is 8.21. The molecule has 0 aromatic carbocycles. The average molecular weight is 557 g/mol. The molecule has 4 aromatic heterocycles. The van der Waals surface area contributed by atoms with Gasteiger partial charge in [-0.3, -0.25) is 9.29 Å². The first-order chi connectivity index (χ1) is 18.7. The lowest BCUT2D eigenvalue weighted by atomic mass is 10.2. The van der Waals surface area contributed by atoms with E-state index in [0.717, 1.165) is 5.56 Å². The fourth-order valence-electron chi connectivity index (χ4n) is 3.76. The molecule has 0 amide bonds. The van der Waals surface area contributed by atoms with E-state index in [9.17, 15) is 8.42 Å². The van der Waals surface area contributed by atoms with E-state index >= 15 is 0 Å². The van der Waals surface area contributed by atoms with Gasteiger partial charge < -0.3 is 18.9 Å². The third kappa shape index (κ3) is 5.58. The van der Waals surface area contributed by atoms with Crippen LogP contribution in [0.2, 0.25) is 0 Å². The van der Waals surface area contributed by atoms with Gasteiger partial charge in [-0.2, -0.15) is 0 Å². The number of hydrogen-bond donors (Lipinski definition) is 1. The molecule has 4 aromatic rings. The summed E-state index contributed by atoms with van der Waals surface area (Å²) in [5, 5.41) is 7.25. The van der Waals surface area contributed by atoms with Crippen LogP contribution >= 0.6 is 0 Å². The van der Waals surface area contributed by atoms with Gasteiger partial charge in [0.15, 0.2) is 17.3 Å². The second kappa shape index (κ2) is 11.6. The van der Waals surface area contributed by atoms with Crippen molar-refractivity contribution in [2.45, 2.75) is 25.2 Å². The van der Waals surface area contributed by atoms with Gasteiger partial charge in [0.05, 0.1) is 21.3 Å². The van der Waals surface area contributed by atoms with Crippen LogP contribution in [0.4, 0.5) is 5.95 Å². The van der Waals surface area contributed by atoms with Crippen LogP contribution in [0.1, 0.15) is 24.4 Å². The van der Waals surface area contributed by atoms with E-state index in [1.807, 2.05) is 6.92 Å². The third-order valence-corrected chi connectivity index (χ3v) is 7.47. The smallest absolute Gasteiger partial charge is 0.243 e. The number of ether oxygens (including phenoxy) is 4. The lowest BCUT2D eigenvalue weighted by Crippen LogP contribution is -2.33. The first-order valence-corrected chi connectivity index (χ1v) is 13.2. The Morgan fingerprint density at radius 2 is 1.69 bits per heavy atom. The molecule has 1 N–H and O–H groups in total. The van der Waals surface area contributed by atoms with E-state index in [2.05, 4.69) is 34.9 Å². The number of rotatable bonds is 11. The number of nitrogens with zero attached hydrogens (tertiary/aromatic N) is 7. The maximum atomic E-state index is 13.6. The van der Waals surface area contributed by atoms with Gasteiger partial charge >= 0.3 is 0 Å². The minimum Gasteiger partial charge on any atom is -0.494 e. The molecule has 0 aliphatic carbocycles. The number of aromatic nitrogens is 7. The fourth-order valence-corrected chi connectivity index (χ4v) is 4.89. The first kappa shape index (κ1) is 27.7. The number of methoxy groups -OCH3 is 4. The predicted molar refractivity (Wildman–Crippen MR) is 141 cm³/mol. The molecule has 2 atom stereocenters. The van der Waals surface area contributed by atoms with Crippen molar-refractivity contribution in [1.29, 1.82) is 0 Å². The molecule has 14 nitrogen and oxygen atoms in total. The van der Waals surface area contributed by atoms with Gasteiger partial charge in [0.2, 0.25) is 27.7 Å². The molecule has 0 fully saturated rings. The van der Waals surface area contributed by atoms with Crippen molar-refractivity contribution in [1.82, 2.24) is 34.7 Å². The molecule has 206 valence electrons. The van der Waals surface area contributed by atoms with Gasteiger partial charge in [0.1, 0.15) is 22.8 Å². The summed E-state index contributed by atoms with van der Waals surface area (Å²) in [6.07, 6.45) is 3.70. The maximum Gasteiger partial charge on any atom is 0.243 e. The Morgan fingerprint density at radius 1 is 0.949 bits per heavy atom. The second-order valence-corrected chi connectivity index (χ2v) is 10.3. The van der Waals surface area contributed by atoms with Crippen LogP contribution in [0.25, 0.3) is 17.2 Å². The molecule has 0 saturated carbocycles. The van der Waals surface area contributed by atoms with Gasteiger partial charge in [0.25, 0.3) is 0 Å². The van der Waals surface area contributed by atoms with E-state index in [0.29, 0.717) is 17.3 Å². The molecule has 0 saturated heterocycles. The zero-order valence-electron chi connectivity index (χ0n) is 22.2.